The van der Waals surface area contributed by atoms with Crippen LogP contribution in [0.25, 0.3) is 44.5 Å². The number of pyridine rings is 2. The summed E-state index contributed by atoms with van der Waals surface area (Å²) in [6.45, 7) is 6.45. The van der Waals surface area contributed by atoms with Gasteiger partial charge in [-0.2, -0.15) is 0 Å². The first-order valence-electron chi connectivity index (χ1n) is 11.8. The van der Waals surface area contributed by atoms with Crippen LogP contribution >= 0.6 is 0 Å². The summed E-state index contributed by atoms with van der Waals surface area (Å²) >= 11 is 0. The van der Waals surface area contributed by atoms with Crippen LogP contribution in [-0.2, 0) is 20.1 Å². The summed E-state index contributed by atoms with van der Waals surface area (Å²) in [4.78, 5) is 8.68. The molecule has 0 unspecified atom stereocenters. The summed E-state index contributed by atoms with van der Waals surface area (Å²) in [5.74, 6) is 0.486. The monoisotopic (exact) mass is 647 g/mol. The van der Waals surface area contributed by atoms with Gasteiger partial charge in [-0.25, -0.2) is 0 Å². The molecule has 0 aliphatic heterocycles. The zero-order valence-electron chi connectivity index (χ0n) is 20.5. The quantitative estimate of drug-likeness (QED) is 0.181. The standard InChI is InChI=1S/C20H16NO.C12H10N.Ir/c1-13(2)14-9-10-15-16-6-5-7-17(18-8-3-4-11-21-18)20(16)22-19(15)12-14;1-10-5-4-6-11(9-10)12-7-2-3-8-13-12;/h3-6,8-13H,1-2H3;2-5,7-9H,1H3;/q2*-1;. The largest absolute Gasteiger partial charge is 0.501 e. The number of nitrogens with zero attached hydrogens (tertiary/aromatic N) is 2. The predicted molar refractivity (Wildman–Crippen MR) is 143 cm³/mol. The minimum Gasteiger partial charge on any atom is -0.501 e. The first-order chi connectivity index (χ1) is 17.1. The minimum absolute atomic E-state index is 0. The molecule has 3 heterocycles. The van der Waals surface area contributed by atoms with Gasteiger partial charge in [0.2, 0.25) is 0 Å². The van der Waals surface area contributed by atoms with E-state index in [-0.39, 0.29) is 20.1 Å². The average molecular weight is 647 g/mol. The summed E-state index contributed by atoms with van der Waals surface area (Å²) in [6.07, 6.45) is 3.59. The van der Waals surface area contributed by atoms with Crippen molar-refractivity contribution in [1.82, 2.24) is 9.97 Å². The SMILES string of the molecule is CC(C)c1ccc2c(c1)oc1c(-c3ccccn3)[c-]ccc12.Cc1cc[c-]c(-c2ccccn2)c1.[Ir]. The first kappa shape index (κ1) is 25.5. The Labute approximate surface area is 225 Å². The number of rotatable bonds is 3. The van der Waals surface area contributed by atoms with E-state index in [0.29, 0.717) is 5.92 Å². The molecular weight excluding hydrogens is 621 g/mol. The average Bonchev–Trinajstić information content (AvgIpc) is 3.28. The van der Waals surface area contributed by atoms with Crippen LogP contribution in [0.5, 0.6) is 0 Å². The van der Waals surface area contributed by atoms with E-state index < -0.39 is 0 Å². The van der Waals surface area contributed by atoms with Gasteiger partial charge < -0.3 is 14.4 Å². The van der Waals surface area contributed by atoms with Crippen LogP contribution in [-0.4, -0.2) is 9.97 Å². The second-order valence-electron chi connectivity index (χ2n) is 8.82. The molecule has 0 bridgehead atoms. The third-order valence-corrected chi connectivity index (χ3v) is 5.94. The van der Waals surface area contributed by atoms with Crippen molar-refractivity contribution in [3.05, 3.63) is 121 Å². The fourth-order valence-corrected chi connectivity index (χ4v) is 4.07. The normalized spacial score (nSPS) is 10.7. The molecule has 181 valence electrons. The second-order valence-corrected chi connectivity index (χ2v) is 8.82. The molecular formula is C32H26IrN2O-2. The van der Waals surface area contributed by atoms with Crippen LogP contribution in [0.2, 0.25) is 0 Å². The Kier molecular flexibility index (Phi) is 8.10. The molecule has 1 radical (unpaired) electrons. The summed E-state index contributed by atoms with van der Waals surface area (Å²) in [5.41, 5.74) is 8.15. The van der Waals surface area contributed by atoms with Crippen molar-refractivity contribution in [3.8, 4) is 22.5 Å². The Hall–Kier alpha value is -3.59. The minimum atomic E-state index is 0. The molecule has 4 heteroatoms. The van der Waals surface area contributed by atoms with Crippen molar-refractivity contribution in [2.75, 3.05) is 0 Å². The second kappa shape index (κ2) is 11.4. The van der Waals surface area contributed by atoms with E-state index in [9.17, 15) is 0 Å². The number of furan rings is 1. The molecule has 36 heavy (non-hydrogen) atoms. The molecule has 3 nitrogen and oxygen atoms in total. The van der Waals surface area contributed by atoms with Gasteiger partial charge in [0.25, 0.3) is 0 Å². The Bertz CT molecular complexity index is 1570. The molecule has 0 spiro atoms. The third-order valence-electron chi connectivity index (χ3n) is 5.94. The van der Waals surface area contributed by atoms with Gasteiger partial charge in [-0.15, -0.1) is 53.6 Å². The molecule has 3 aromatic heterocycles. The van der Waals surface area contributed by atoms with E-state index in [4.69, 9.17) is 4.42 Å². The molecule has 0 N–H and O–H groups in total. The number of aryl methyl sites for hydroxylation is 1. The summed E-state index contributed by atoms with van der Waals surface area (Å²) in [5, 5.41) is 2.26. The number of hydrogen-bond acceptors (Lipinski definition) is 3. The molecule has 0 atom stereocenters. The van der Waals surface area contributed by atoms with Crippen molar-refractivity contribution in [2.24, 2.45) is 0 Å². The molecule has 3 aromatic carbocycles. The Morgan fingerprint density at radius 3 is 2.14 bits per heavy atom. The Balaban J connectivity index is 0.000000187. The zero-order valence-corrected chi connectivity index (χ0v) is 22.8. The molecule has 0 saturated heterocycles. The van der Waals surface area contributed by atoms with E-state index in [1.54, 1.807) is 12.4 Å². The summed E-state index contributed by atoms with van der Waals surface area (Å²) in [6, 6.07) is 34.7. The fraction of sp³-hybridized carbons (Fsp3) is 0.125. The van der Waals surface area contributed by atoms with Gasteiger partial charge in [-0.1, -0.05) is 68.1 Å². The maximum Gasteiger partial charge on any atom is 0.121 e. The summed E-state index contributed by atoms with van der Waals surface area (Å²) in [7, 11) is 0. The molecule has 0 aliphatic rings. The maximum atomic E-state index is 6.16. The van der Waals surface area contributed by atoms with E-state index in [1.165, 1.54) is 11.1 Å². The Morgan fingerprint density at radius 1 is 0.750 bits per heavy atom. The van der Waals surface area contributed by atoms with Crippen LogP contribution in [0.1, 0.15) is 30.9 Å². The zero-order chi connectivity index (χ0) is 24.2. The van der Waals surface area contributed by atoms with Gasteiger partial charge in [0.1, 0.15) is 5.58 Å². The number of fused-ring (bicyclic) bond motifs is 3. The van der Waals surface area contributed by atoms with Crippen molar-refractivity contribution >= 4 is 21.9 Å². The molecule has 0 saturated carbocycles. The number of aromatic nitrogens is 2. The molecule has 0 amide bonds. The van der Waals surface area contributed by atoms with Crippen LogP contribution in [0.3, 0.4) is 0 Å². The Morgan fingerprint density at radius 2 is 1.47 bits per heavy atom. The molecule has 6 rings (SSSR count). The first-order valence-corrected chi connectivity index (χ1v) is 11.8. The van der Waals surface area contributed by atoms with Crippen LogP contribution in [0.15, 0.2) is 102 Å². The van der Waals surface area contributed by atoms with Gasteiger partial charge >= 0.3 is 0 Å². The van der Waals surface area contributed by atoms with E-state index in [1.807, 2.05) is 54.6 Å². The van der Waals surface area contributed by atoms with Gasteiger partial charge in [0, 0.05) is 37.9 Å². The van der Waals surface area contributed by atoms with Crippen LogP contribution in [0.4, 0.5) is 0 Å². The van der Waals surface area contributed by atoms with Crippen molar-refractivity contribution in [2.45, 2.75) is 26.7 Å². The third kappa shape index (κ3) is 5.46. The fourth-order valence-electron chi connectivity index (χ4n) is 4.07. The van der Waals surface area contributed by atoms with Crippen molar-refractivity contribution in [3.63, 3.8) is 0 Å². The van der Waals surface area contributed by atoms with Crippen LogP contribution in [0, 0.1) is 19.1 Å². The van der Waals surface area contributed by atoms with Crippen LogP contribution < -0.4 is 0 Å². The van der Waals surface area contributed by atoms with Gasteiger partial charge in [-0.05, 0) is 41.1 Å². The van der Waals surface area contributed by atoms with E-state index in [2.05, 4.69) is 73.2 Å². The molecule has 6 aromatic rings. The van der Waals surface area contributed by atoms with Gasteiger partial charge in [-0.3, -0.25) is 0 Å². The number of benzene rings is 3. The van der Waals surface area contributed by atoms with E-state index >= 15 is 0 Å². The maximum absolute atomic E-state index is 6.16. The summed E-state index contributed by atoms with van der Waals surface area (Å²) < 4.78 is 6.16. The smallest absolute Gasteiger partial charge is 0.121 e. The van der Waals surface area contributed by atoms with Crippen molar-refractivity contribution in [1.29, 1.82) is 0 Å². The van der Waals surface area contributed by atoms with Crippen molar-refractivity contribution < 1.29 is 24.5 Å². The molecule has 0 fully saturated rings. The molecule has 0 aliphatic carbocycles. The van der Waals surface area contributed by atoms with Gasteiger partial charge in [0.05, 0.1) is 5.58 Å². The predicted octanol–water partition coefficient (Wildman–Crippen LogP) is 8.43. The van der Waals surface area contributed by atoms with E-state index in [0.717, 1.165) is 44.5 Å². The van der Waals surface area contributed by atoms with Gasteiger partial charge in [0.15, 0.2) is 0 Å². The number of hydrogen-bond donors (Lipinski definition) is 0. The topological polar surface area (TPSA) is 38.9 Å².